The third-order valence-corrected chi connectivity index (χ3v) is 2.74. The van der Waals surface area contributed by atoms with Crippen molar-refractivity contribution in [2.24, 2.45) is 0 Å². The van der Waals surface area contributed by atoms with Gasteiger partial charge in [0.2, 0.25) is 0 Å². The molecule has 2 N–H and O–H groups in total. The van der Waals surface area contributed by atoms with Gasteiger partial charge in [-0.05, 0) is 24.3 Å². The molecule has 8 nitrogen and oxygen atoms in total. The molecule has 0 spiro atoms. The second-order valence-electron chi connectivity index (χ2n) is 4.79. The van der Waals surface area contributed by atoms with Crippen LogP contribution in [0.3, 0.4) is 0 Å². The van der Waals surface area contributed by atoms with Crippen LogP contribution >= 0.6 is 0 Å². The van der Waals surface area contributed by atoms with Crippen molar-refractivity contribution in [3.8, 4) is 11.5 Å². The molecule has 0 fully saturated rings. The number of benzene rings is 2. The molecular formula is C18H16CuO8. The number of carboxylic acid groups (broad SMARTS) is 2. The first kappa shape index (κ1) is 23.8. The van der Waals surface area contributed by atoms with Gasteiger partial charge < -0.3 is 19.7 Å². The van der Waals surface area contributed by atoms with E-state index in [0.29, 0.717) is 0 Å². The summed E-state index contributed by atoms with van der Waals surface area (Å²) in [7, 11) is 0. The fourth-order valence-electron chi connectivity index (χ4n) is 1.77. The van der Waals surface area contributed by atoms with Gasteiger partial charge in [-0.1, -0.05) is 24.3 Å². The van der Waals surface area contributed by atoms with Gasteiger partial charge in [0.15, 0.2) is 0 Å². The molecule has 0 saturated carbocycles. The van der Waals surface area contributed by atoms with Gasteiger partial charge in [0.05, 0.1) is 0 Å². The number of carboxylic acids is 2. The maximum absolute atomic E-state index is 10.6. The predicted molar refractivity (Wildman–Crippen MR) is 89.4 cm³/mol. The molecule has 0 amide bonds. The van der Waals surface area contributed by atoms with Crippen molar-refractivity contribution in [1.82, 2.24) is 0 Å². The van der Waals surface area contributed by atoms with Crippen LogP contribution < -0.4 is 9.47 Å². The van der Waals surface area contributed by atoms with E-state index < -0.39 is 23.9 Å². The van der Waals surface area contributed by atoms with Crippen molar-refractivity contribution in [3.63, 3.8) is 0 Å². The number of hydrogen-bond acceptors (Lipinski definition) is 6. The largest absolute Gasteiger partial charge is 0.478 e. The fourth-order valence-corrected chi connectivity index (χ4v) is 1.77. The number of carbonyl (C=O) groups excluding carboxylic acids is 2. The zero-order valence-electron chi connectivity index (χ0n) is 14.3. The molecule has 2 aromatic carbocycles. The number of hydrogen-bond donors (Lipinski definition) is 2. The molecule has 0 aliphatic heterocycles. The minimum absolute atomic E-state index is 0. The zero-order valence-corrected chi connectivity index (χ0v) is 15.2. The van der Waals surface area contributed by atoms with E-state index in [-0.39, 0.29) is 39.7 Å². The van der Waals surface area contributed by atoms with Gasteiger partial charge in [0, 0.05) is 30.9 Å². The Balaban J connectivity index is 0.000000483. The summed E-state index contributed by atoms with van der Waals surface area (Å²) in [6.07, 6.45) is 0. The van der Waals surface area contributed by atoms with E-state index in [2.05, 4.69) is 9.47 Å². The van der Waals surface area contributed by atoms with Crippen LogP contribution in [0, 0.1) is 0 Å². The van der Waals surface area contributed by atoms with Gasteiger partial charge in [-0.15, -0.1) is 0 Å². The summed E-state index contributed by atoms with van der Waals surface area (Å²) in [6.45, 7) is 2.44. The quantitative estimate of drug-likeness (QED) is 0.436. The minimum atomic E-state index is -1.11. The van der Waals surface area contributed by atoms with Gasteiger partial charge in [-0.2, -0.15) is 0 Å². The number of ether oxygens (including phenoxy) is 2. The van der Waals surface area contributed by atoms with Crippen molar-refractivity contribution in [2.45, 2.75) is 13.8 Å². The number of esters is 2. The molecule has 9 heteroatoms. The van der Waals surface area contributed by atoms with Crippen LogP contribution in [0.15, 0.2) is 48.5 Å². The Hall–Kier alpha value is -3.16. The number of rotatable bonds is 4. The van der Waals surface area contributed by atoms with Crippen LogP contribution in [0.2, 0.25) is 0 Å². The van der Waals surface area contributed by atoms with Crippen LogP contribution in [0.4, 0.5) is 0 Å². The molecule has 2 aromatic rings. The van der Waals surface area contributed by atoms with E-state index in [9.17, 15) is 19.2 Å². The smallest absolute Gasteiger partial charge is 0.339 e. The summed E-state index contributed by atoms with van der Waals surface area (Å²) in [6, 6.07) is 12.0. The number of carbonyl (C=O) groups is 4. The first-order chi connectivity index (χ1) is 12.2. The topological polar surface area (TPSA) is 127 Å². The standard InChI is InChI=1S/2C9H8O4.Cu/c2*1-6(10)13-8-5-3-2-4-7(8)9(11)12;/h2*2-5H,1H3,(H,11,12);. The summed E-state index contributed by atoms with van der Waals surface area (Å²) in [5.74, 6) is -3.15. The van der Waals surface area contributed by atoms with Crippen molar-refractivity contribution in [3.05, 3.63) is 59.7 Å². The molecule has 0 bridgehead atoms. The molecule has 0 heterocycles. The summed E-state index contributed by atoms with van der Waals surface area (Å²) in [4.78, 5) is 42.4. The van der Waals surface area contributed by atoms with E-state index in [1.165, 1.54) is 38.1 Å². The minimum Gasteiger partial charge on any atom is -0.478 e. The average Bonchev–Trinajstić information content (AvgIpc) is 2.55. The molecule has 0 aliphatic carbocycles. The molecule has 27 heavy (non-hydrogen) atoms. The van der Waals surface area contributed by atoms with Gasteiger partial charge in [-0.25, -0.2) is 9.59 Å². The van der Waals surface area contributed by atoms with Gasteiger partial charge >= 0.3 is 23.9 Å². The second kappa shape index (κ2) is 11.5. The van der Waals surface area contributed by atoms with Crippen molar-refractivity contribution in [2.75, 3.05) is 0 Å². The van der Waals surface area contributed by atoms with Crippen LogP contribution in [0.1, 0.15) is 34.6 Å². The maximum atomic E-state index is 10.6. The Kier molecular flexibility index (Phi) is 10.1. The van der Waals surface area contributed by atoms with E-state index in [4.69, 9.17) is 10.2 Å². The molecule has 147 valence electrons. The van der Waals surface area contributed by atoms with Gasteiger partial charge in [-0.3, -0.25) is 9.59 Å². The molecule has 0 aliphatic rings. The SMILES string of the molecule is CC(=O)Oc1ccccc1C(=O)O.CC(=O)Oc1ccccc1C(=O)O.[Cu]. The maximum Gasteiger partial charge on any atom is 0.339 e. The Morgan fingerprint density at radius 2 is 0.963 bits per heavy atom. The van der Waals surface area contributed by atoms with Crippen LogP contribution in [0.5, 0.6) is 11.5 Å². The van der Waals surface area contributed by atoms with Gasteiger partial charge in [0.25, 0.3) is 0 Å². The average molecular weight is 424 g/mol. The molecule has 0 unspecified atom stereocenters. The Labute approximate surface area is 165 Å². The normalized spacial score (nSPS) is 8.96. The van der Waals surface area contributed by atoms with Crippen LogP contribution in [-0.4, -0.2) is 34.1 Å². The summed E-state index contributed by atoms with van der Waals surface area (Å²) < 4.78 is 9.37. The Bertz CT molecular complexity index is 762. The third kappa shape index (κ3) is 8.17. The number of aromatic carboxylic acids is 2. The van der Waals surface area contributed by atoms with Crippen molar-refractivity contribution in [1.29, 1.82) is 0 Å². The van der Waals surface area contributed by atoms with Crippen molar-refractivity contribution < 1.29 is 55.9 Å². The Morgan fingerprint density at radius 3 is 1.22 bits per heavy atom. The van der Waals surface area contributed by atoms with Crippen LogP contribution in [-0.2, 0) is 26.7 Å². The first-order valence-corrected chi connectivity index (χ1v) is 7.23. The molecule has 1 radical (unpaired) electrons. The molecule has 0 saturated heterocycles. The summed E-state index contributed by atoms with van der Waals surface area (Å²) >= 11 is 0. The summed E-state index contributed by atoms with van der Waals surface area (Å²) in [5.41, 5.74) is -0.0320. The molecular weight excluding hydrogens is 408 g/mol. The summed E-state index contributed by atoms with van der Waals surface area (Å²) in [5, 5.41) is 17.4. The molecule has 2 rings (SSSR count). The number of para-hydroxylation sites is 2. The van der Waals surface area contributed by atoms with Crippen molar-refractivity contribution >= 4 is 23.9 Å². The van der Waals surface area contributed by atoms with E-state index in [1.54, 1.807) is 24.3 Å². The molecule has 0 atom stereocenters. The van der Waals surface area contributed by atoms with Crippen LogP contribution in [0.25, 0.3) is 0 Å². The van der Waals surface area contributed by atoms with E-state index in [1.807, 2.05) is 0 Å². The second-order valence-corrected chi connectivity index (χ2v) is 4.79. The van der Waals surface area contributed by atoms with E-state index in [0.717, 1.165) is 0 Å². The molecule has 0 aromatic heterocycles. The zero-order chi connectivity index (χ0) is 19.7. The van der Waals surface area contributed by atoms with Gasteiger partial charge in [0.1, 0.15) is 22.6 Å². The monoisotopic (exact) mass is 423 g/mol. The van der Waals surface area contributed by atoms with E-state index >= 15 is 0 Å². The fraction of sp³-hybridized carbons (Fsp3) is 0.111. The first-order valence-electron chi connectivity index (χ1n) is 7.23. The third-order valence-electron chi connectivity index (χ3n) is 2.74. The predicted octanol–water partition coefficient (Wildman–Crippen LogP) is 2.62. The Morgan fingerprint density at radius 1 is 0.667 bits per heavy atom.